The Kier molecular flexibility index (Phi) is 3.43. The number of imide groups is 1. The molecule has 21 heavy (non-hydrogen) atoms. The Morgan fingerprint density at radius 1 is 1.24 bits per heavy atom. The fourth-order valence-corrected chi connectivity index (χ4v) is 2.19. The molecule has 3 rings (SSSR count). The number of nitrogens with zero attached hydrogens (tertiary/aromatic N) is 2. The second-order valence-electron chi connectivity index (χ2n) is 4.95. The van der Waals surface area contributed by atoms with Crippen LogP contribution in [0.5, 0.6) is 5.75 Å². The van der Waals surface area contributed by atoms with Gasteiger partial charge in [0.25, 0.3) is 5.91 Å². The standard InChI is InChI=1S/C15H15N3O3/c1-10-8-9-18(17-10)11-2-4-12(5-3-11)21-13-6-7-14(19)16-15(13)20/h2-5,8-9,13H,6-7H2,1H3,(H,16,19,20). The van der Waals surface area contributed by atoms with Gasteiger partial charge in [0.05, 0.1) is 11.4 Å². The van der Waals surface area contributed by atoms with Crippen molar-refractivity contribution in [1.82, 2.24) is 15.1 Å². The first-order valence-electron chi connectivity index (χ1n) is 6.75. The van der Waals surface area contributed by atoms with Gasteiger partial charge in [0.15, 0.2) is 6.10 Å². The van der Waals surface area contributed by atoms with Crippen LogP contribution in [0.3, 0.4) is 0 Å². The zero-order chi connectivity index (χ0) is 14.8. The second-order valence-corrected chi connectivity index (χ2v) is 4.95. The number of carbonyl (C=O) groups is 2. The first-order chi connectivity index (χ1) is 10.1. The number of nitrogens with one attached hydrogen (secondary N) is 1. The lowest BCUT2D eigenvalue weighted by Gasteiger charge is -2.22. The molecule has 108 valence electrons. The van der Waals surface area contributed by atoms with E-state index in [9.17, 15) is 9.59 Å². The highest BCUT2D eigenvalue weighted by Gasteiger charge is 2.28. The van der Waals surface area contributed by atoms with Gasteiger partial charge in [-0.05, 0) is 37.3 Å². The summed E-state index contributed by atoms with van der Waals surface area (Å²) in [4.78, 5) is 22.7. The van der Waals surface area contributed by atoms with E-state index in [2.05, 4.69) is 10.4 Å². The third-order valence-corrected chi connectivity index (χ3v) is 3.29. The van der Waals surface area contributed by atoms with Gasteiger partial charge in [0.2, 0.25) is 5.91 Å². The van der Waals surface area contributed by atoms with Crippen molar-refractivity contribution >= 4 is 11.8 Å². The van der Waals surface area contributed by atoms with E-state index in [1.165, 1.54) is 0 Å². The Bertz CT molecular complexity index is 676. The molecule has 0 aliphatic carbocycles. The summed E-state index contributed by atoms with van der Waals surface area (Å²) in [5.74, 6) is -0.0283. The first-order valence-corrected chi connectivity index (χ1v) is 6.75. The maximum Gasteiger partial charge on any atom is 0.267 e. The minimum absolute atomic E-state index is 0.246. The maximum absolute atomic E-state index is 11.6. The number of ether oxygens (including phenoxy) is 1. The van der Waals surface area contributed by atoms with Crippen molar-refractivity contribution in [1.29, 1.82) is 0 Å². The molecule has 1 aliphatic rings. The normalized spacial score (nSPS) is 18.4. The van der Waals surface area contributed by atoms with E-state index in [1.807, 2.05) is 31.3 Å². The monoisotopic (exact) mass is 285 g/mol. The smallest absolute Gasteiger partial charge is 0.267 e. The molecule has 1 N–H and O–H groups in total. The van der Waals surface area contributed by atoms with Gasteiger partial charge < -0.3 is 4.74 Å². The van der Waals surface area contributed by atoms with Gasteiger partial charge in [0, 0.05) is 19.0 Å². The van der Waals surface area contributed by atoms with Crippen molar-refractivity contribution in [2.75, 3.05) is 0 Å². The summed E-state index contributed by atoms with van der Waals surface area (Å²) in [6, 6.07) is 9.24. The van der Waals surface area contributed by atoms with Crippen molar-refractivity contribution in [3.63, 3.8) is 0 Å². The molecular weight excluding hydrogens is 270 g/mol. The Morgan fingerprint density at radius 2 is 2.00 bits per heavy atom. The second kappa shape index (κ2) is 5.40. The average Bonchev–Trinajstić information content (AvgIpc) is 2.89. The van der Waals surface area contributed by atoms with E-state index in [1.54, 1.807) is 16.8 Å². The van der Waals surface area contributed by atoms with E-state index in [-0.39, 0.29) is 11.8 Å². The van der Waals surface area contributed by atoms with E-state index in [0.29, 0.717) is 18.6 Å². The average molecular weight is 285 g/mol. The quantitative estimate of drug-likeness (QED) is 0.864. The molecular formula is C15H15N3O3. The van der Waals surface area contributed by atoms with Crippen LogP contribution in [-0.4, -0.2) is 27.7 Å². The number of rotatable bonds is 3. The SMILES string of the molecule is Cc1ccn(-c2ccc(OC3CCC(=O)NC3=O)cc2)n1. The van der Waals surface area contributed by atoms with E-state index in [4.69, 9.17) is 4.74 Å². The molecule has 1 aromatic heterocycles. The van der Waals surface area contributed by atoms with E-state index < -0.39 is 6.10 Å². The predicted molar refractivity (Wildman–Crippen MR) is 75.1 cm³/mol. The molecule has 0 bridgehead atoms. The summed E-state index contributed by atoms with van der Waals surface area (Å²) in [5.41, 5.74) is 1.86. The third-order valence-electron chi connectivity index (χ3n) is 3.29. The van der Waals surface area contributed by atoms with Crippen molar-refractivity contribution in [2.45, 2.75) is 25.9 Å². The minimum Gasteiger partial charge on any atom is -0.481 e. The number of aromatic nitrogens is 2. The fourth-order valence-electron chi connectivity index (χ4n) is 2.19. The van der Waals surface area contributed by atoms with Crippen LogP contribution in [0.15, 0.2) is 36.5 Å². The number of aryl methyl sites for hydroxylation is 1. The largest absolute Gasteiger partial charge is 0.481 e. The summed E-state index contributed by atoms with van der Waals surface area (Å²) < 4.78 is 7.39. The molecule has 1 saturated heterocycles. The molecule has 0 saturated carbocycles. The Balaban J connectivity index is 1.70. The molecule has 6 nitrogen and oxygen atoms in total. The highest BCUT2D eigenvalue weighted by molar-refractivity contribution is 5.99. The van der Waals surface area contributed by atoms with Crippen LogP contribution in [0, 0.1) is 6.92 Å². The van der Waals surface area contributed by atoms with Gasteiger partial charge in [-0.15, -0.1) is 0 Å². The fraction of sp³-hybridized carbons (Fsp3) is 0.267. The zero-order valence-corrected chi connectivity index (χ0v) is 11.6. The molecule has 0 spiro atoms. The zero-order valence-electron chi connectivity index (χ0n) is 11.6. The number of benzene rings is 1. The molecule has 1 unspecified atom stereocenters. The van der Waals surface area contributed by atoms with Crippen molar-refractivity contribution in [2.24, 2.45) is 0 Å². The van der Waals surface area contributed by atoms with Gasteiger partial charge in [-0.3, -0.25) is 14.9 Å². The number of piperidine rings is 1. The van der Waals surface area contributed by atoms with Gasteiger partial charge in [-0.25, -0.2) is 4.68 Å². The summed E-state index contributed by atoms with van der Waals surface area (Å²) in [6.07, 6.45) is 1.98. The summed E-state index contributed by atoms with van der Waals surface area (Å²) in [6.45, 7) is 1.93. The van der Waals surface area contributed by atoms with Gasteiger partial charge in [0.1, 0.15) is 5.75 Å². The molecule has 1 fully saturated rings. The summed E-state index contributed by atoms with van der Waals surface area (Å²) >= 11 is 0. The maximum atomic E-state index is 11.6. The molecule has 1 aromatic carbocycles. The lowest BCUT2D eigenvalue weighted by Crippen LogP contribution is -2.46. The van der Waals surface area contributed by atoms with Crippen LogP contribution < -0.4 is 10.1 Å². The lowest BCUT2D eigenvalue weighted by molar-refractivity contribution is -0.138. The van der Waals surface area contributed by atoms with Crippen LogP contribution in [0.25, 0.3) is 5.69 Å². The highest BCUT2D eigenvalue weighted by atomic mass is 16.5. The van der Waals surface area contributed by atoms with Gasteiger partial charge in [-0.2, -0.15) is 5.10 Å². The van der Waals surface area contributed by atoms with Gasteiger partial charge in [-0.1, -0.05) is 0 Å². The van der Waals surface area contributed by atoms with E-state index >= 15 is 0 Å². The van der Waals surface area contributed by atoms with Gasteiger partial charge >= 0.3 is 0 Å². The highest BCUT2D eigenvalue weighted by Crippen LogP contribution is 2.19. The van der Waals surface area contributed by atoms with Crippen LogP contribution in [0.4, 0.5) is 0 Å². The van der Waals surface area contributed by atoms with Crippen LogP contribution >= 0.6 is 0 Å². The van der Waals surface area contributed by atoms with Crippen LogP contribution in [0.2, 0.25) is 0 Å². The Hall–Kier alpha value is -2.63. The lowest BCUT2D eigenvalue weighted by atomic mass is 10.1. The van der Waals surface area contributed by atoms with Crippen molar-refractivity contribution in [3.8, 4) is 11.4 Å². The number of hydrogen-bond acceptors (Lipinski definition) is 4. The van der Waals surface area contributed by atoms with Crippen LogP contribution in [0.1, 0.15) is 18.5 Å². The van der Waals surface area contributed by atoms with E-state index in [0.717, 1.165) is 11.4 Å². The number of amides is 2. The van der Waals surface area contributed by atoms with Crippen molar-refractivity contribution < 1.29 is 14.3 Å². The minimum atomic E-state index is -0.611. The molecule has 0 radical (unpaired) electrons. The third kappa shape index (κ3) is 2.94. The summed E-state index contributed by atoms with van der Waals surface area (Å²) in [5, 5.41) is 6.59. The summed E-state index contributed by atoms with van der Waals surface area (Å²) in [7, 11) is 0. The first kappa shape index (κ1) is 13.4. The molecule has 2 amide bonds. The Labute approximate surface area is 121 Å². The number of hydrogen-bond donors (Lipinski definition) is 1. The Morgan fingerprint density at radius 3 is 2.62 bits per heavy atom. The topological polar surface area (TPSA) is 73.2 Å². The molecule has 1 atom stereocenters. The number of carbonyl (C=O) groups excluding carboxylic acids is 2. The molecule has 6 heteroatoms. The van der Waals surface area contributed by atoms with Crippen molar-refractivity contribution in [3.05, 3.63) is 42.2 Å². The predicted octanol–water partition coefficient (Wildman–Crippen LogP) is 1.36. The molecule has 1 aliphatic heterocycles. The molecule has 2 heterocycles. The molecule has 2 aromatic rings. The van der Waals surface area contributed by atoms with Crippen LogP contribution in [-0.2, 0) is 9.59 Å².